The minimum absolute atomic E-state index is 0. The Morgan fingerprint density at radius 3 is 2.23 bits per heavy atom. The fraction of sp³-hybridized carbons (Fsp3) is 0.875. The van der Waals surface area contributed by atoms with Crippen LogP contribution in [-0.4, -0.2) is 41.9 Å². The van der Waals surface area contributed by atoms with Crippen LogP contribution in [0.5, 0.6) is 0 Å². The number of nitrogens with one attached hydrogen (secondary N) is 1. The summed E-state index contributed by atoms with van der Waals surface area (Å²) >= 11 is 0. The number of hydrogen-bond acceptors (Lipinski definition) is 3. The molecule has 1 atom stereocenters. The van der Waals surface area contributed by atoms with E-state index in [1.807, 2.05) is 7.05 Å². The topological polar surface area (TPSA) is 75.4 Å². The maximum atomic E-state index is 12.8. The van der Waals surface area contributed by atoms with Crippen LogP contribution in [0.15, 0.2) is 0 Å². The molecule has 3 N–H and O–H groups in total. The molecule has 0 radical (unpaired) electrons. The molecule has 0 aliphatic heterocycles. The molecule has 22 heavy (non-hydrogen) atoms. The summed E-state index contributed by atoms with van der Waals surface area (Å²) in [6, 6.07) is 0.100. The van der Waals surface area contributed by atoms with Crippen molar-refractivity contribution in [1.82, 2.24) is 10.2 Å². The fourth-order valence-electron chi connectivity index (χ4n) is 3.03. The van der Waals surface area contributed by atoms with Crippen molar-refractivity contribution in [3.63, 3.8) is 0 Å². The van der Waals surface area contributed by atoms with E-state index < -0.39 is 5.54 Å². The molecule has 1 fully saturated rings. The van der Waals surface area contributed by atoms with E-state index >= 15 is 0 Å². The van der Waals surface area contributed by atoms with Gasteiger partial charge in [-0.05, 0) is 25.2 Å². The van der Waals surface area contributed by atoms with Gasteiger partial charge < -0.3 is 16.0 Å². The number of nitrogens with two attached hydrogens (primary N) is 1. The summed E-state index contributed by atoms with van der Waals surface area (Å²) < 4.78 is 0. The van der Waals surface area contributed by atoms with Gasteiger partial charge in [-0.1, -0.05) is 33.1 Å². The number of carbonyl (C=O) groups excluding carboxylic acids is 2. The van der Waals surface area contributed by atoms with Crippen LogP contribution < -0.4 is 11.1 Å². The van der Waals surface area contributed by atoms with Crippen molar-refractivity contribution < 1.29 is 9.59 Å². The molecule has 0 aromatic carbocycles. The van der Waals surface area contributed by atoms with Crippen LogP contribution in [0.3, 0.4) is 0 Å². The predicted octanol–water partition coefficient (Wildman–Crippen LogP) is 2.08. The molecule has 0 aromatic heterocycles. The van der Waals surface area contributed by atoms with Crippen LogP contribution in [0, 0.1) is 5.92 Å². The standard InChI is InChI=1S/C16H31N3O2.ClH/c1-12(2)14(17)8-11-19(4)15(21)16(18-13(3)20)9-6-5-7-10-16;/h12,14H,5-11,17H2,1-4H3,(H,18,20);1H. The van der Waals surface area contributed by atoms with Crippen LogP contribution in [0.1, 0.15) is 59.3 Å². The highest BCUT2D eigenvalue weighted by molar-refractivity contribution is 5.90. The lowest BCUT2D eigenvalue weighted by molar-refractivity contribution is -0.142. The normalized spacial score (nSPS) is 18.3. The van der Waals surface area contributed by atoms with Gasteiger partial charge in [0, 0.05) is 26.6 Å². The highest BCUT2D eigenvalue weighted by Gasteiger charge is 2.41. The zero-order valence-electron chi connectivity index (χ0n) is 14.4. The number of amides is 2. The first-order valence-electron chi connectivity index (χ1n) is 8.08. The summed E-state index contributed by atoms with van der Waals surface area (Å²) in [5.41, 5.74) is 5.36. The van der Waals surface area contributed by atoms with Gasteiger partial charge in [0.2, 0.25) is 11.8 Å². The SMILES string of the molecule is CC(=O)NC1(C(=O)N(C)CCC(N)C(C)C)CCCCC1.Cl. The molecule has 1 rings (SSSR count). The van der Waals surface area contributed by atoms with Crippen molar-refractivity contribution in [1.29, 1.82) is 0 Å². The minimum atomic E-state index is -0.694. The van der Waals surface area contributed by atoms with Crippen molar-refractivity contribution in [3.05, 3.63) is 0 Å². The van der Waals surface area contributed by atoms with Crippen molar-refractivity contribution in [2.45, 2.75) is 70.9 Å². The van der Waals surface area contributed by atoms with Gasteiger partial charge in [0.05, 0.1) is 0 Å². The molecule has 0 spiro atoms. The largest absolute Gasteiger partial charge is 0.344 e. The van der Waals surface area contributed by atoms with Gasteiger partial charge in [0.25, 0.3) is 0 Å². The Hall–Kier alpha value is -0.810. The highest BCUT2D eigenvalue weighted by Crippen LogP contribution is 2.30. The third kappa shape index (κ3) is 5.76. The van der Waals surface area contributed by atoms with Gasteiger partial charge in [0.15, 0.2) is 0 Å². The second-order valence-electron chi connectivity index (χ2n) is 6.75. The van der Waals surface area contributed by atoms with Gasteiger partial charge in [-0.25, -0.2) is 0 Å². The monoisotopic (exact) mass is 333 g/mol. The smallest absolute Gasteiger partial charge is 0.248 e. The van der Waals surface area contributed by atoms with E-state index in [2.05, 4.69) is 19.2 Å². The predicted molar refractivity (Wildman–Crippen MR) is 91.9 cm³/mol. The lowest BCUT2D eigenvalue weighted by Crippen LogP contribution is -2.59. The van der Waals surface area contributed by atoms with Crippen LogP contribution >= 0.6 is 12.4 Å². The summed E-state index contributed by atoms with van der Waals surface area (Å²) in [6.07, 6.45) is 5.39. The highest BCUT2D eigenvalue weighted by atomic mass is 35.5. The number of carbonyl (C=O) groups is 2. The summed E-state index contributed by atoms with van der Waals surface area (Å²) in [6.45, 7) is 6.30. The fourth-order valence-corrected chi connectivity index (χ4v) is 3.03. The Kier molecular flexibility index (Phi) is 9.01. The number of nitrogens with zero attached hydrogens (tertiary/aromatic N) is 1. The summed E-state index contributed by atoms with van der Waals surface area (Å²) in [5.74, 6) is 0.318. The quantitative estimate of drug-likeness (QED) is 0.781. The lowest BCUT2D eigenvalue weighted by Gasteiger charge is -2.39. The average Bonchev–Trinajstić information content (AvgIpc) is 2.43. The molecule has 0 saturated heterocycles. The molecule has 6 heteroatoms. The van der Waals surface area contributed by atoms with Crippen LogP contribution in [-0.2, 0) is 9.59 Å². The lowest BCUT2D eigenvalue weighted by atomic mass is 9.80. The molecule has 1 unspecified atom stereocenters. The van der Waals surface area contributed by atoms with E-state index in [9.17, 15) is 9.59 Å². The molecule has 0 aromatic rings. The first kappa shape index (κ1) is 21.2. The van der Waals surface area contributed by atoms with E-state index in [4.69, 9.17) is 5.73 Å². The van der Waals surface area contributed by atoms with E-state index in [-0.39, 0.29) is 30.3 Å². The van der Waals surface area contributed by atoms with Gasteiger partial charge >= 0.3 is 0 Å². The number of rotatable bonds is 6. The Bertz CT molecular complexity index is 368. The molecule has 2 amide bonds. The van der Waals surface area contributed by atoms with Crippen molar-refractivity contribution in [2.24, 2.45) is 11.7 Å². The first-order valence-corrected chi connectivity index (χ1v) is 8.08. The molecule has 0 bridgehead atoms. The van der Waals surface area contributed by atoms with E-state index in [0.29, 0.717) is 12.5 Å². The van der Waals surface area contributed by atoms with Gasteiger partial charge in [0.1, 0.15) is 5.54 Å². The Morgan fingerprint density at radius 2 is 1.77 bits per heavy atom. The molecular formula is C16H32ClN3O2. The van der Waals surface area contributed by atoms with Crippen molar-refractivity contribution in [3.8, 4) is 0 Å². The van der Waals surface area contributed by atoms with Crippen molar-refractivity contribution >= 4 is 24.2 Å². The van der Waals surface area contributed by atoms with Gasteiger partial charge in [-0.15, -0.1) is 12.4 Å². The zero-order valence-corrected chi connectivity index (χ0v) is 15.2. The maximum Gasteiger partial charge on any atom is 0.248 e. The molecular weight excluding hydrogens is 302 g/mol. The minimum Gasteiger partial charge on any atom is -0.344 e. The van der Waals surface area contributed by atoms with Crippen LogP contribution in [0.25, 0.3) is 0 Å². The second-order valence-corrected chi connectivity index (χ2v) is 6.75. The maximum absolute atomic E-state index is 12.8. The summed E-state index contributed by atoms with van der Waals surface area (Å²) in [5, 5.41) is 2.92. The number of halogens is 1. The van der Waals surface area contributed by atoms with E-state index in [1.54, 1.807) is 4.90 Å². The Balaban J connectivity index is 0.00000441. The van der Waals surface area contributed by atoms with E-state index in [1.165, 1.54) is 6.92 Å². The molecule has 1 saturated carbocycles. The Labute approximate surface area is 140 Å². The first-order chi connectivity index (χ1) is 9.78. The average molecular weight is 334 g/mol. The summed E-state index contributed by atoms with van der Waals surface area (Å²) in [7, 11) is 1.81. The second kappa shape index (κ2) is 9.36. The molecule has 1 aliphatic rings. The third-order valence-corrected chi connectivity index (χ3v) is 4.53. The number of likely N-dealkylation sites (N-methyl/N-ethyl adjacent to an activating group) is 1. The van der Waals surface area contributed by atoms with E-state index in [0.717, 1.165) is 38.5 Å². The zero-order chi connectivity index (χ0) is 16.0. The van der Waals surface area contributed by atoms with Crippen LogP contribution in [0.2, 0.25) is 0 Å². The Morgan fingerprint density at radius 1 is 1.23 bits per heavy atom. The molecule has 0 heterocycles. The van der Waals surface area contributed by atoms with Crippen molar-refractivity contribution in [2.75, 3.05) is 13.6 Å². The summed E-state index contributed by atoms with van der Waals surface area (Å²) in [4.78, 5) is 26.0. The third-order valence-electron chi connectivity index (χ3n) is 4.53. The van der Waals surface area contributed by atoms with Crippen LogP contribution in [0.4, 0.5) is 0 Å². The van der Waals surface area contributed by atoms with Gasteiger partial charge in [-0.2, -0.15) is 0 Å². The molecule has 130 valence electrons. The number of hydrogen-bond donors (Lipinski definition) is 2. The molecule has 1 aliphatic carbocycles. The molecule has 5 nitrogen and oxygen atoms in total. The van der Waals surface area contributed by atoms with Gasteiger partial charge in [-0.3, -0.25) is 9.59 Å².